The van der Waals surface area contributed by atoms with E-state index in [1.165, 1.54) is 12.1 Å². The fourth-order valence-electron chi connectivity index (χ4n) is 1.55. The molecule has 0 heterocycles. The van der Waals surface area contributed by atoms with E-state index in [1.54, 1.807) is 0 Å². The number of hydrogen-bond acceptors (Lipinski definition) is 5. The van der Waals surface area contributed by atoms with Crippen LogP contribution in [0, 0.1) is 0 Å². The van der Waals surface area contributed by atoms with Crippen molar-refractivity contribution in [3.05, 3.63) is 39.2 Å². The summed E-state index contributed by atoms with van der Waals surface area (Å²) in [6.45, 7) is 0.0255. The summed E-state index contributed by atoms with van der Waals surface area (Å²) >= 11 is 5.77. The van der Waals surface area contributed by atoms with Crippen LogP contribution in [0.1, 0.15) is 18.1 Å². The summed E-state index contributed by atoms with van der Waals surface area (Å²) in [5, 5.41) is 27.6. The highest BCUT2D eigenvalue weighted by atomic mass is 35.5. The SMILES string of the molecule is [N-]=[N+]=NCCC(O)C(O)c1ccc(S(N)(=O)=O)c(Cl)c1. The number of aliphatic hydroxyl groups is 2. The molecule has 0 spiro atoms. The van der Waals surface area contributed by atoms with Gasteiger partial charge in [-0.2, -0.15) is 0 Å². The van der Waals surface area contributed by atoms with Crippen molar-refractivity contribution in [3.8, 4) is 0 Å². The molecule has 0 aromatic heterocycles. The van der Waals surface area contributed by atoms with Gasteiger partial charge in [0.2, 0.25) is 10.0 Å². The number of nitrogens with two attached hydrogens (primary N) is 1. The fourth-order valence-corrected chi connectivity index (χ4v) is 2.65. The Kier molecular flexibility index (Phi) is 5.75. The highest BCUT2D eigenvalue weighted by Gasteiger charge is 2.20. The summed E-state index contributed by atoms with van der Waals surface area (Å²) in [7, 11) is -3.95. The third-order valence-electron chi connectivity index (χ3n) is 2.56. The first-order chi connectivity index (χ1) is 9.27. The minimum atomic E-state index is -3.95. The van der Waals surface area contributed by atoms with E-state index >= 15 is 0 Å². The largest absolute Gasteiger partial charge is 0.390 e. The van der Waals surface area contributed by atoms with Gasteiger partial charge in [0.15, 0.2) is 0 Å². The van der Waals surface area contributed by atoms with Gasteiger partial charge in [0, 0.05) is 11.5 Å². The first kappa shape index (κ1) is 16.7. The Balaban J connectivity index is 2.92. The lowest BCUT2D eigenvalue weighted by molar-refractivity contribution is 0.0150. The van der Waals surface area contributed by atoms with Gasteiger partial charge in [-0.25, -0.2) is 13.6 Å². The molecular formula is C10H13ClN4O4S. The van der Waals surface area contributed by atoms with Gasteiger partial charge in [-0.1, -0.05) is 22.8 Å². The van der Waals surface area contributed by atoms with Crippen LogP contribution in [0.5, 0.6) is 0 Å². The number of aliphatic hydroxyl groups excluding tert-OH is 2. The number of benzene rings is 1. The van der Waals surface area contributed by atoms with Gasteiger partial charge in [0.25, 0.3) is 0 Å². The molecule has 110 valence electrons. The number of primary sulfonamides is 1. The second-order valence-corrected chi connectivity index (χ2v) is 5.93. The maximum atomic E-state index is 11.2. The van der Waals surface area contributed by atoms with Gasteiger partial charge in [0.05, 0.1) is 11.1 Å². The molecule has 8 nitrogen and oxygen atoms in total. The first-order valence-electron chi connectivity index (χ1n) is 5.46. The molecule has 1 aromatic carbocycles. The van der Waals surface area contributed by atoms with E-state index in [-0.39, 0.29) is 28.4 Å². The Morgan fingerprint density at radius 3 is 2.60 bits per heavy atom. The number of nitrogens with zero attached hydrogens (tertiary/aromatic N) is 3. The number of sulfonamides is 1. The molecular weight excluding hydrogens is 308 g/mol. The standard InChI is InChI=1S/C10H13ClN4O4S/c11-7-5-6(1-2-9(7)20(13,18)19)10(17)8(16)3-4-14-15-12/h1-2,5,8,10,16-17H,3-4H2,(H2,13,18,19). The van der Waals surface area contributed by atoms with Crippen LogP contribution in [-0.2, 0) is 10.0 Å². The van der Waals surface area contributed by atoms with Gasteiger partial charge < -0.3 is 10.2 Å². The third kappa shape index (κ3) is 4.34. The van der Waals surface area contributed by atoms with Crippen LogP contribution in [0.15, 0.2) is 28.2 Å². The smallest absolute Gasteiger partial charge is 0.239 e. The average molecular weight is 321 g/mol. The highest BCUT2D eigenvalue weighted by molar-refractivity contribution is 7.89. The average Bonchev–Trinajstić information content (AvgIpc) is 2.36. The molecule has 1 aromatic rings. The Hall–Kier alpha value is -1.35. The third-order valence-corrected chi connectivity index (χ3v) is 3.95. The number of azide groups is 1. The van der Waals surface area contributed by atoms with Crippen LogP contribution in [-0.4, -0.2) is 31.3 Å². The van der Waals surface area contributed by atoms with Crippen molar-refractivity contribution in [2.24, 2.45) is 10.3 Å². The molecule has 0 radical (unpaired) electrons. The van der Waals surface area contributed by atoms with Crippen molar-refractivity contribution in [1.82, 2.24) is 0 Å². The quantitative estimate of drug-likeness (QED) is 0.408. The van der Waals surface area contributed by atoms with Crippen LogP contribution >= 0.6 is 11.6 Å². The molecule has 2 atom stereocenters. The number of halogens is 1. The van der Waals surface area contributed by atoms with Crippen molar-refractivity contribution in [2.45, 2.75) is 23.5 Å². The zero-order chi connectivity index (χ0) is 15.3. The lowest BCUT2D eigenvalue weighted by atomic mass is 10.0. The van der Waals surface area contributed by atoms with Crippen LogP contribution < -0.4 is 5.14 Å². The minimum Gasteiger partial charge on any atom is -0.390 e. The lowest BCUT2D eigenvalue weighted by Crippen LogP contribution is -2.19. The van der Waals surface area contributed by atoms with Crippen molar-refractivity contribution in [2.75, 3.05) is 6.54 Å². The Morgan fingerprint density at radius 1 is 1.45 bits per heavy atom. The van der Waals surface area contributed by atoms with Gasteiger partial charge in [0.1, 0.15) is 11.0 Å². The fraction of sp³-hybridized carbons (Fsp3) is 0.400. The summed E-state index contributed by atoms with van der Waals surface area (Å²) in [5.74, 6) is 0. The van der Waals surface area contributed by atoms with Gasteiger partial charge in [-0.05, 0) is 29.6 Å². The molecule has 10 heteroatoms. The summed E-state index contributed by atoms with van der Waals surface area (Å²) in [6, 6.07) is 3.66. The maximum Gasteiger partial charge on any atom is 0.239 e. The van der Waals surface area contributed by atoms with E-state index in [9.17, 15) is 18.6 Å². The van der Waals surface area contributed by atoms with Crippen molar-refractivity contribution in [1.29, 1.82) is 0 Å². The summed E-state index contributed by atoms with van der Waals surface area (Å²) < 4.78 is 22.4. The zero-order valence-electron chi connectivity index (χ0n) is 10.2. The predicted octanol–water partition coefficient (Wildman–Crippen LogP) is 1.08. The number of rotatable bonds is 6. The maximum absolute atomic E-state index is 11.2. The monoisotopic (exact) mass is 320 g/mol. The second-order valence-electron chi connectivity index (χ2n) is 3.99. The minimum absolute atomic E-state index is 0.0255. The molecule has 1 rings (SSSR count). The second kappa shape index (κ2) is 6.89. The molecule has 2 unspecified atom stereocenters. The topological polar surface area (TPSA) is 149 Å². The predicted molar refractivity (Wildman–Crippen MR) is 72.4 cm³/mol. The van der Waals surface area contributed by atoms with Crippen LogP contribution in [0.3, 0.4) is 0 Å². The van der Waals surface area contributed by atoms with Gasteiger partial charge >= 0.3 is 0 Å². The highest BCUT2D eigenvalue weighted by Crippen LogP contribution is 2.26. The first-order valence-corrected chi connectivity index (χ1v) is 7.39. The molecule has 0 fully saturated rings. The van der Waals surface area contributed by atoms with E-state index in [1.807, 2.05) is 0 Å². The molecule has 0 saturated carbocycles. The van der Waals surface area contributed by atoms with Crippen molar-refractivity contribution in [3.63, 3.8) is 0 Å². The molecule has 20 heavy (non-hydrogen) atoms. The van der Waals surface area contributed by atoms with Crippen LogP contribution in [0.25, 0.3) is 10.4 Å². The van der Waals surface area contributed by atoms with E-state index in [4.69, 9.17) is 22.3 Å². The molecule has 0 aliphatic rings. The Labute approximate surface area is 120 Å². The molecule has 0 amide bonds. The van der Waals surface area contributed by atoms with Crippen LogP contribution in [0.4, 0.5) is 0 Å². The Morgan fingerprint density at radius 2 is 2.10 bits per heavy atom. The van der Waals surface area contributed by atoms with E-state index in [0.717, 1.165) is 6.07 Å². The molecule has 4 N–H and O–H groups in total. The van der Waals surface area contributed by atoms with Gasteiger partial charge in [-0.15, -0.1) is 0 Å². The van der Waals surface area contributed by atoms with Gasteiger partial charge in [-0.3, -0.25) is 0 Å². The van der Waals surface area contributed by atoms with E-state index in [2.05, 4.69) is 10.0 Å². The van der Waals surface area contributed by atoms with Crippen LogP contribution in [0.2, 0.25) is 5.02 Å². The lowest BCUT2D eigenvalue weighted by Gasteiger charge is -2.18. The summed E-state index contributed by atoms with van der Waals surface area (Å²) in [4.78, 5) is 2.26. The number of hydrogen-bond donors (Lipinski definition) is 3. The van der Waals surface area contributed by atoms with Crippen molar-refractivity contribution < 1.29 is 18.6 Å². The van der Waals surface area contributed by atoms with E-state index in [0.29, 0.717) is 0 Å². The molecule has 0 saturated heterocycles. The van der Waals surface area contributed by atoms with E-state index < -0.39 is 22.2 Å². The normalized spacial score (nSPS) is 14.4. The molecule has 0 bridgehead atoms. The zero-order valence-corrected chi connectivity index (χ0v) is 11.8. The van der Waals surface area contributed by atoms with Crippen molar-refractivity contribution >= 4 is 21.6 Å². The summed E-state index contributed by atoms with van der Waals surface area (Å²) in [5.41, 5.74) is 8.34. The molecule has 0 aliphatic heterocycles. The summed E-state index contributed by atoms with van der Waals surface area (Å²) in [6.07, 6.45) is -2.40. The molecule has 0 aliphatic carbocycles. The Bertz CT molecular complexity index is 630.